The second-order valence-electron chi connectivity index (χ2n) is 5.29. The molecule has 24 heavy (non-hydrogen) atoms. The fourth-order valence-corrected chi connectivity index (χ4v) is 3.97. The van der Waals surface area contributed by atoms with Crippen molar-refractivity contribution in [2.24, 2.45) is 0 Å². The number of nitrogens with one attached hydrogen (secondary N) is 1. The summed E-state index contributed by atoms with van der Waals surface area (Å²) in [7, 11) is 1.94. The van der Waals surface area contributed by atoms with Gasteiger partial charge in [-0.05, 0) is 48.5 Å². The molecule has 3 rings (SSSR count). The average molecular weight is 396 g/mol. The summed E-state index contributed by atoms with van der Waals surface area (Å²) < 4.78 is 1.13. The van der Waals surface area contributed by atoms with Crippen LogP contribution in [0.2, 0.25) is 10.0 Å². The molecule has 1 N–H and O–H groups in total. The highest BCUT2D eigenvalue weighted by Gasteiger charge is 2.11. The lowest BCUT2D eigenvalue weighted by Gasteiger charge is -2.20. The number of benzene rings is 2. The van der Waals surface area contributed by atoms with Crippen LogP contribution in [-0.4, -0.2) is 28.6 Å². The number of anilines is 1. The molecule has 0 unspecified atom stereocenters. The number of para-hydroxylation sites is 1. The number of thiocarbonyl (C=S) groups is 1. The van der Waals surface area contributed by atoms with E-state index < -0.39 is 0 Å². The Bertz CT molecular complexity index is 826. The Balaban J connectivity index is 1.62. The lowest BCUT2D eigenvalue weighted by atomic mass is 10.1. The fraction of sp³-hybridized carbons (Fsp3) is 0.176. The van der Waals surface area contributed by atoms with Gasteiger partial charge in [0.2, 0.25) is 0 Å². The van der Waals surface area contributed by atoms with Crippen molar-refractivity contribution in [3.8, 4) is 0 Å². The molecule has 124 valence electrons. The highest BCUT2D eigenvalue weighted by atomic mass is 35.5. The molecule has 0 saturated carbocycles. The first kappa shape index (κ1) is 17.4. The Hall–Kier alpha value is -1.40. The fourth-order valence-electron chi connectivity index (χ4n) is 2.26. The molecule has 0 aliphatic carbocycles. The van der Waals surface area contributed by atoms with Crippen LogP contribution >= 0.6 is 46.8 Å². The quantitative estimate of drug-likeness (QED) is 0.592. The van der Waals surface area contributed by atoms with Crippen molar-refractivity contribution < 1.29 is 0 Å². The van der Waals surface area contributed by atoms with Gasteiger partial charge >= 0.3 is 0 Å². The van der Waals surface area contributed by atoms with Crippen LogP contribution in [0.1, 0.15) is 5.56 Å². The zero-order chi connectivity index (χ0) is 17.1. The van der Waals surface area contributed by atoms with Gasteiger partial charge in [0.25, 0.3) is 0 Å². The van der Waals surface area contributed by atoms with E-state index >= 15 is 0 Å². The number of likely N-dealkylation sites (N-methyl/N-ethyl adjacent to an activating group) is 1. The van der Waals surface area contributed by atoms with E-state index in [-0.39, 0.29) is 0 Å². The molecule has 3 aromatic rings. The minimum atomic E-state index is 0.622. The van der Waals surface area contributed by atoms with Gasteiger partial charge in [-0.2, -0.15) is 0 Å². The van der Waals surface area contributed by atoms with Gasteiger partial charge in [0.05, 0.1) is 10.2 Å². The smallest absolute Gasteiger partial charge is 0.190 e. The molecule has 1 aromatic heterocycles. The van der Waals surface area contributed by atoms with Gasteiger partial charge in [-0.15, -0.1) is 0 Å². The molecular formula is C17H15Cl2N3S2. The standard InChI is InChI=1S/C17H15Cl2N3S2/c1-22(10-9-11-12(18)5-4-6-13(11)19)17(23)21-16-20-14-7-2-3-8-15(14)24-16/h2-8H,9-10H2,1H3,(H,20,21,23). The zero-order valence-corrected chi connectivity index (χ0v) is 16.1. The van der Waals surface area contributed by atoms with Crippen LogP contribution in [0.15, 0.2) is 42.5 Å². The van der Waals surface area contributed by atoms with Crippen molar-refractivity contribution >= 4 is 67.2 Å². The van der Waals surface area contributed by atoms with Gasteiger partial charge in [0.1, 0.15) is 0 Å². The number of thiazole rings is 1. The minimum Gasteiger partial charge on any atom is -0.352 e. The Morgan fingerprint density at radius 1 is 1.17 bits per heavy atom. The number of hydrogen-bond donors (Lipinski definition) is 1. The van der Waals surface area contributed by atoms with E-state index in [4.69, 9.17) is 35.4 Å². The first-order chi connectivity index (χ1) is 11.5. The topological polar surface area (TPSA) is 28.2 Å². The van der Waals surface area contributed by atoms with E-state index in [0.29, 0.717) is 21.7 Å². The Labute approximate surface area is 160 Å². The van der Waals surface area contributed by atoms with E-state index in [1.807, 2.05) is 54.4 Å². The first-order valence-corrected chi connectivity index (χ1v) is 9.33. The van der Waals surface area contributed by atoms with Gasteiger partial charge in [-0.1, -0.05) is 52.7 Å². The van der Waals surface area contributed by atoms with E-state index in [9.17, 15) is 0 Å². The Morgan fingerprint density at radius 3 is 2.58 bits per heavy atom. The maximum absolute atomic E-state index is 6.21. The summed E-state index contributed by atoms with van der Waals surface area (Å²) in [6.45, 7) is 0.709. The third-order valence-corrected chi connectivity index (χ3v) is 5.69. The summed E-state index contributed by atoms with van der Waals surface area (Å²) in [5, 5.41) is 5.98. The largest absolute Gasteiger partial charge is 0.352 e. The molecule has 1 heterocycles. The molecule has 0 bridgehead atoms. The number of aromatic nitrogens is 1. The van der Waals surface area contributed by atoms with Crippen LogP contribution in [0, 0.1) is 0 Å². The average Bonchev–Trinajstić information content (AvgIpc) is 2.96. The zero-order valence-electron chi connectivity index (χ0n) is 12.9. The molecule has 0 aliphatic heterocycles. The van der Waals surface area contributed by atoms with Crippen LogP contribution in [0.5, 0.6) is 0 Å². The van der Waals surface area contributed by atoms with E-state index in [1.165, 1.54) is 0 Å². The predicted molar refractivity (Wildman–Crippen MR) is 109 cm³/mol. The van der Waals surface area contributed by atoms with Gasteiger partial charge in [-0.25, -0.2) is 4.98 Å². The van der Waals surface area contributed by atoms with Gasteiger partial charge in [0, 0.05) is 23.6 Å². The third-order valence-electron chi connectivity index (χ3n) is 3.61. The second kappa shape index (κ2) is 7.66. The monoisotopic (exact) mass is 395 g/mol. The van der Waals surface area contributed by atoms with Crippen molar-refractivity contribution in [1.82, 2.24) is 9.88 Å². The number of rotatable bonds is 4. The van der Waals surface area contributed by atoms with E-state index in [1.54, 1.807) is 11.3 Å². The molecule has 0 saturated heterocycles. The Morgan fingerprint density at radius 2 is 1.88 bits per heavy atom. The molecule has 7 heteroatoms. The van der Waals surface area contributed by atoms with Gasteiger partial charge in [0.15, 0.2) is 10.2 Å². The molecule has 0 spiro atoms. The lowest BCUT2D eigenvalue weighted by molar-refractivity contribution is 0.516. The number of halogens is 2. The minimum absolute atomic E-state index is 0.622. The molecule has 0 aliphatic rings. The molecule has 2 aromatic carbocycles. The van der Waals surface area contributed by atoms with Gasteiger partial charge in [-0.3, -0.25) is 0 Å². The normalized spacial score (nSPS) is 10.8. The predicted octanol–water partition coefficient (Wildman–Crippen LogP) is 5.47. The SMILES string of the molecule is CN(CCc1c(Cl)cccc1Cl)C(=S)Nc1nc2ccccc2s1. The van der Waals surface area contributed by atoms with Crippen molar-refractivity contribution in [1.29, 1.82) is 0 Å². The second-order valence-corrected chi connectivity index (χ2v) is 7.52. The van der Waals surface area contributed by atoms with Crippen LogP contribution < -0.4 is 5.32 Å². The van der Waals surface area contributed by atoms with Crippen LogP contribution in [-0.2, 0) is 6.42 Å². The van der Waals surface area contributed by atoms with Crippen LogP contribution in [0.3, 0.4) is 0 Å². The van der Waals surface area contributed by atoms with Crippen molar-refractivity contribution in [2.45, 2.75) is 6.42 Å². The van der Waals surface area contributed by atoms with E-state index in [2.05, 4.69) is 10.3 Å². The summed E-state index contributed by atoms with van der Waals surface area (Å²) in [6, 6.07) is 13.6. The van der Waals surface area contributed by atoms with Crippen LogP contribution in [0.4, 0.5) is 5.13 Å². The molecule has 0 amide bonds. The maximum Gasteiger partial charge on any atom is 0.190 e. The summed E-state index contributed by atoms with van der Waals surface area (Å²) in [4.78, 5) is 6.49. The maximum atomic E-state index is 6.21. The van der Waals surface area contributed by atoms with E-state index in [0.717, 1.165) is 27.3 Å². The highest BCUT2D eigenvalue weighted by molar-refractivity contribution is 7.80. The van der Waals surface area contributed by atoms with Crippen LogP contribution in [0.25, 0.3) is 10.2 Å². The Kier molecular flexibility index (Phi) is 5.56. The van der Waals surface area contributed by atoms with Crippen molar-refractivity contribution in [3.63, 3.8) is 0 Å². The first-order valence-electron chi connectivity index (χ1n) is 7.35. The molecular weight excluding hydrogens is 381 g/mol. The number of hydrogen-bond acceptors (Lipinski definition) is 3. The third kappa shape index (κ3) is 3.98. The summed E-state index contributed by atoms with van der Waals surface area (Å²) >= 11 is 19.5. The van der Waals surface area contributed by atoms with Crippen molar-refractivity contribution in [2.75, 3.05) is 18.9 Å². The van der Waals surface area contributed by atoms with Gasteiger partial charge < -0.3 is 10.2 Å². The number of fused-ring (bicyclic) bond motifs is 1. The molecule has 0 fully saturated rings. The molecule has 0 radical (unpaired) electrons. The summed E-state index contributed by atoms with van der Waals surface area (Å²) in [5.74, 6) is 0. The molecule has 0 atom stereocenters. The number of nitrogens with zero attached hydrogens (tertiary/aromatic N) is 2. The highest BCUT2D eigenvalue weighted by Crippen LogP contribution is 2.26. The van der Waals surface area contributed by atoms with Crippen molar-refractivity contribution in [3.05, 3.63) is 58.1 Å². The molecule has 3 nitrogen and oxygen atoms in total. The summed E-state index contributed by atoms with van der Waals surface area (Å²) in [6.07, 6.45) is 0.719. The lowest BCUT2D eigenvalue weighted by Crippen LogP contribution is -2.32. The summed E-state index contributed by atoms with van der Waals surface area (Å²) in [5.41, 5.74) is 1.91.